The smallest absolute Gasteiger partial charge is 0.309 e. The van der Waals surface area contributed by atoms with Crippen LogP contribution >= 0.6 is 0 Å². The highest BCUT2D eigenvalue weighted by Gasteiger charge is 2.31. The molecule has 0 aromatic heterocycles. The van der Waals surface area contributed by atoms with Gasteiger partial charge in [0.25, 0.3) is 0 Å². The Morgan fingerprint density at radius 3 is 2.11 bits per heavy atom. The molecule has 2 heteroatoms. The number of carbonyl (C=O) groups excluding carboxylic acids is 1. The van der Waals surface area contributed by atoms with Crippen LogP contribution in [0.3, 0.4) is 0 Å². The minimum Gasteiger partial charge on any atom is -0.465 e. The van der Waals surface area contributed by atoms with Crippen LogP contribution in [0.2, 0.25) is 0 Å². The lowest BCUT2D eigenvalue weighted by atomic mass is 9.79. The van der Waals surface area contributed by atoms with Gasteiger partial charge in [0.2, 0.25) is 0 Å². The fourth-order valence-corrected chi connectivity index (χ4v) is 2.33. The molecule has 18 heavy (non-hydrogen) atoms. The van der Waals surface area contributed by atoms with Crippen molar-refractivity contribution in [1.82, 2.24) is 0 Å². The molecule has 2 unspecified atom stereocenters. The minimum atomic E-state index is -0.0139. The van der Waals surface area contributed by atoms with Crippen LogP contribution in [0.25, 0.3) is 0 Å². The molecule has 0 amide bonds. The van der Waals surface area contributed by atoms with Crippen LogP contribution in [-0.2, 0) is 9.53 Å². The van der Waals surface area contributed by atoms with E-state index < -0.39 is 0 Å². The Hall–Kier alpha value is -0.530. The average molecular weight is 256 g/mol. The highest BCUT2D eigenvalue weighted by molar-refractivity contribution is 5.73. The second-order valence-electron chi connectivity index (χ2n) is 6.37. The van der Waals surface area contributed by atoms with Crippen molar-refractivity contribution in [2.24, 2.45) is 17.3 Å². The van der Waals surface area contributed by atoms with Crippen molar-refractivity contribution >= 4 is 5.97 Å². The quantitative estimate of drug-likeness (QED) is 0.582. The Labute approximate surface area is 113 Å². The summed E-state index contributed by atoms with van der Waals surface area (Å²) in [6, 6.07) is 0. The number of esters is 1. The van der Waals surface area contributed by atoms with Gasteiger partial charge in [-0.3, -0.25) is 4.79 Å². The molecule has 2 nitrogen and oxygen atoms in total. The predicted molar refractivity (Wildman–Crippen MR) is 77.5 cm³/mol. The highest BCUT2D eigenvalue weighted by Crippen LogP contribution is 2.29. The van der Waals surface area contributed by atoms with Crippen molar-refractivity contribution in [1.29, 1.82) is 0 Å². The predicted octanol–water partition coefficient (Wildman–Crippen LogP) is 4.82. The summed E-state index contributed by atoms with van der Waals surface area (Å²) in [5.74, 6) is 0.535. The van der Waals surface area contributed by atoms with Gasteiger partial charge in [0.05, 0.1) is 12.5 Å². The second kappa shape index (κ2) is 8.55. The monoisotopic (exact) mass is 256 g/mol. The van der Waals surface area contributed by atoms with E-state index in [1.807, 2.05) is 0 Å². The number of hydrogen-bond acceptors (Lipinski definition) is 2. The van der Waals surface area contributed by atoms with E-state index in [4.69, 9.17) is 4.74 Å². The average Bonchev–Trinajstić information content (AvgIpc) is 2.28. The molecule has 0 heterocycles. The van der Waals surface area contributed by atoms with E-state index in [0.717, 1.165) is 12.8 Å². The first-order chi connectivity index (χ1) is 8.36. The zero-order valence-corrected chi connectivity index (χ0v) is 13.2. The van der Waals surface area contributed by atoms with E-state index in [9.17, 15) is 4.79 Å². The van der Waals surface area contributed by atoms with Crippen LogP contribution in [0.4, 0.5) is 0 Å². The van der Waals surface area contributed by atoms with Crippen molar-refractivity contribution < 1.29 is 9.53 Å². The SMILES string of the molecule is CCCCC(CC)COC(=O)C(CC)C(C)(C)C. The molecule has 0 spiro atoms. The zero-order chi connectivity index (χ0) is 14.2. The van der Waals surface area contributed by atoms with Crippen LogP contribution < -0.4 is 0 Å². The zero-order valence-electron chi connectivity index (χ0n) is 13.2. The van der Waals surface area contributed by atoms with Gasteiger partial charge in [-0.25, -0.2) is 0 Å². The van der Waals surface area contributed by atoms with Crippen LogP contribution in [0.1, 0.15) is 73.6 Å². The van der Waals surface area contributed by atoms with E-state index in [0.29, 0.717) is 12.5 Å². The molecule has 0 aliphatic carbocycles. The summed E-state index contributed by atoms with van der Waals surface area (Å²) in [4.78, 5) is 12.1. The first-order valence-corrected chi connectivity index (χ1v) is 7.53. The second-order valence-corrected chi connectivity index (χ2v) is 6.37. The lowest BCUT2D eigenvalue weighted by molar-refractivity contribution is -0.154. The number of carbonyl (C=O) groups is 1. The van der Waals surface area contributed by atoms with E-state index in [2.05, 4.69) is 41.5 Å². The largest absolute Gasteiger partial charge is 0.465 e. The van der Waals surface area contributed by atoms with Gasteiger partial charge in [-0.1, -0.05) is 60.8 Å². The molecule has 0 aliphatic rings. The normalized spacial score (nSPS) is 15.2. The highest BCUT2D eigenvalue weighted by atomic mass is 16.5. The Bertz CT molecular complexity index is 228. The molecular formula is C16H32O2. The summed E-state index contributed by atoms with van der Waals surface area (Å²) < 4.78 is 5.53. The lowest BCUT2D eigenvalue weighted by Gasteiger charge is -2.28. The van der Waals surface area contributed by atoms with Crippen LogP contribution in [0, 0.1) is 17.3 Å². The summed E-state index contributed by atoms with van der Waals surface area (Å²) in [6.45, 7) is 13.4. The molecular weight excluding hydrogens is 224 g/mol. The van der Waals surface area contributed by atoms with Crippen LogP contribution in [0.15, 0.2) is 0 Å². The van der Waals surface area contributed by atoms with Gasteiger partial charge in [0.1, 0.15) is 0 Å². The Balaban J connectivity index is 4.21. The Kier molecular flexibility index (Phi) is 8.30. The third-order valence-corrected chi connectivity index (χ3v) is 3.74. The Morgan fingerprint density at radius 1 is 1.11 bits per heavy atom. The molecule has 0 saturated carbocycles. The summed E-state index contributed by atoms with van der Waals surface area (Å²) in [5.41, 5.74) is -0.00301. The van der Waals surface area contributed by atoms with Gasteiger partial charge in [0.15, 0.2) is 0 Å². The maximum Gasteiger partial charge on any atom is 0.309 e. The molecule has 0 radical (unpaired) electrons. The van der Waals surface area contributed by atoms with Crippen LogP contribution in [-0.4, -0.2) is 12.6 Å². The first-order valence-electron chi connectivity index (χ1n) is 7.53. The maximum absolute atomic E-state index is 12.1. The third kappa shape index (κ3) is 6.42. The molecule has 0 bridgehead atoms. The van der Waals surface area contributed by atoms with Gasteiger partial charge in [0, 0.05) is 0 Å². The maximum atomic E-state index is 12.1. The van der Waals surface area contributed by atoms with E-state index in [-0.39, 0.29) is 17.3 Å². The van der Waals surface area contributed by atoms with Crippen molar-refractivity contribution in [3.05, 3.63) is 0 Å². The van der Waals surface area contributed by atoms with Crippen molar-refractivity contribution in [3.63, 3.8) is 0 Å². The van der Waals surface area contributed by atoms with Gasteiger partial charge in [-0.15, -0.1) is 0 Å². The fraction of sp³-hybridized carbons (Fsp3) is 0.938. The Morgan fingerprint density at radius 2 is 1.72 bits per heavy atom. The molecule has 0 aliphatic heterocycles. The van der Waals surface area contributed by atoms with Crippen molar-refractivity contribution in [3.8, 4) is 0 Å². The van der Waals surface area contributed by atoms with E-state index >= 15 is 0 Å². The number of rotatable bonds is 8. The molecule has 0 aromatic carbocycles. The van der Waals surface area contributed by atoms with Crippen molar-refractivity contribution in [2.75, 3.05) is 6.61 Å². The minimum absolute atomic E-state index is 0.00301. The van der Waals surface area contributed by atoms with Crippen LogP contribution in [0.5, 0.6) is 0 Å². The number of unbranched alkanes of at least 4 members (excludes halogenated alkanes) is 1. The van der Waals surface area contributed by atoms with Gasteiger partial charge in [-0.05, 0) is 24.2 Å². The lowest BCUT2D eigenvalue weighted by Crippen LogP contribution is -2.30. The number of hydrogen-bond donors (Lipinski definition) is 0. The van der Waals surface area contributed by atoms with E-state index in [1.54, 1.807) is 0 Å². The third-order valence-electron chi connectivity index (χ3n) is 3.74. The molecule has 0 fully saturated rings. The fourth-order valence-electron chi connectivity index (χ4n) is 2.33. The van der Waals surface area contributed by atoms with Gasteiger partial charge >= 0.3 is 5.97 Å². The molecule has 0 rings (SSSR count). The molecule has 0 aromatic rings. The summed E-state index contributed by atoms with van der Waals surface area (Å²) >= 11 is 0. The van der Waals surface area contributed by atoms with Gasteiger partial charge in [-0.2, -0.15) is 0 Å². The molecule has 0 saturated heterocycles. The molecule has 0 N–H and O–H groups in total. The van der Waals surface area contributed by atoms with Gasteiger partial charge < -0.3 is 4.74 Å². The molecule has 108 valence electrons. The standard InChI is InChI=1S/C16H32O2/c1-7-10-11-13(8-2)12-18-15(17)14(9-3)16(4,5)6/h13-14H,7-12H2,1-6H3. The molecule has 2 atom stereocenters. The summed E-state index contributed by atoms with van der Waals surface area (Å²) in [6.07, 6.45) is 5.57. The number of ether oxygens (including phenoxy) is 1. The van der Waals surface area contributed by atoms with Crippen molar-refractivity contribution in [2.45, 2.75) is 73.6 Å². The topological polar surface area (TPSA) is 26.3 Å². The summed E-state index contributed by atoms with van der Waals surface area (Å²) in [7, 11) is 0. The first kappa shape index (κ1) is 17.5. The van der Waals surface area contributed by atoms with E-state index in [1.165, 1.54) is 19.3 Å². The summed E-state index contributed by atoms with van der Waals surface area (Å²) in [5, 5.41) is 0.